The molecular formula is C15H18O3. The molecule has 0 saturated carbocycles. The molecule has 0 bridgehead atoms. The van der Waals surface area contributed by atoms with Crippen LogP contribution in [0.5, 0.6) is 0 Å². The molecule has 1 aliphatic carbocycles. The van der Waals surface area contributed by atoms with Gasteiger partial charge in [0.15, 0.2) is 5.79 Å². The summed E-state index contributed by atoms with van der Waals surface area (Å²) in [6.07, 6.45) is 5.73. The molecule has 1 heterocycles. The number of methoxy groups -OCH3 is 1. The molecule has 1 aliphatic heterocycles. The summed E-state index contributed by atoms with van der Waals surface area (Å²) in [5, 5.41) is 0. The Morgan fingerprint density at radius 2 is 2.06 bits per heavy atom. The van der Waals surface area contributed by atoms with Crippen molar-refractivity contribution in [2.24, 2.45) is 5.92 Å². The van der Waals surface area contributed by atoms with Crippen molar-refractivity contribution in [1.82, 2.24) is 0 Å². The van der Waals surface area contributed by atoms with E-state index in [4.69, 9.17) is 14.2 Å². The summed E-state index contributed by atoms with van der Waals surface area (Å²) in [7, 11) is 1.67. The molecule has 1 fully saturated rings. The first-order chi connectivity index (χ1) is 8.84. The van der Waals surface area contributed by atoms with E-state index in [1.807, 2.05) is 0 Å². The maximum Gasteiger partial charge on any atom is 0.195 e. The molecular weight excluding hydrogens is 228 g/mol. The van der Waals surface area contributed by atoms with Crippen LogP contribution in [-0.4, -0.2) is 20.3 Å². The highest BCUT2D eigenvalue weighted by molar-refractivity contribution is 5.35. The van der Waals surface area contributed by atoms with Crippen molar-refractivity contribution in [3.63, 3.8) is 0 Å². The predicted octanol–water partition coefficient (Wildman–Crippen LogP) is 2.61. The summed E-state index contributed by atoms with van der Waals surface area (Å²) in [6.45, 7) is 1.35. The maximum absolute atomic E-state index is 5.92. The summed E-state index contributed by atoms with van der Waals surface area (Å²) < 4.78 is 16.9. The Morgan fingerprint density at radius 3 is 2.83 bits per heavy atom. The highest BCUT2D eigenvalue weighted by atomic mass is 16.7. The number of hydrogen-bond donors (Lipinski definition) is 0. The Morgan fingerprint density at radius 1 is 1.28 bits per heavy atom. The average molecular weight is 246 g/mol. The van der Waals surface area contributed by atoms with Crippen LogP contribution >= 0.6 is 0 Å². The zero-order valence-corrected chi connectivity index (χ0v) is 10.6. The minimum Gasteiger partial charge on any atom is -0.505 e. The van der Waals surface area contributed by atoms with Crippen molar-refractivity contribution >= 4 is 0 Å². The van der Waals surface area contributed by atoms with Crippen LogP contribution in [0.3, 0.4) is 0 Å². The molecule has 0 amide bonds. The van der Waals surface area contributed by atoms with Gasteiger partial charge < -0.3 is 14.2 Å². The molecule has 2 aliphatic rings. The van der Waals surface area contributed by atoms with E-state index in [1.165, 1.54) is 11.1 Å². The quantitative estimate of drug-likeness (QED) is 0.751. The van der Waals surface area contributed by atoms with Crippen molar-refractivity contribution < 1.29 is 14.2 Å². The van der Waals surface area contributed by atoms with Gasteiger partial charge in [-0.2, -0.15) is 0 Å². The zero-order valence-electron chi connectivity index (χ0n) is 10.6. The number of ether oxygens (including phenoxy) is 3. The SMILES string of the molecule is CO/C=C/[C@@H]1Cc2ccccc2C2(C1)OCCO2. The Hall–Kier alpha value is -1.32. The molecule has 0 radical (unpaired) electrons. The molecule has 1 spiro atoms. The third kappa shape index (κ3) is 1.93. The second kappa shape index (κ2) is 4.75. The number of fused-ring (bicyclic) bond motifs is 2. The average Bonchev–Trinajstić information content (AvgIpc) is 2.86. The minimum atomic E-state index is -0.530. The first-order valence-corrected chi connectivity index (χ1v) is 6.40. The van der Waals surface area contributed by atoms with E-state index in [0.29, 0.717) is 19.1 Å². The maximum atomic E-state index is 5.92. The molecule has 96 valence electrons. The van der Waals surface area contributed by atoms with Gasteiger partial charge in [-0.3, -0.25) is 0 Å². The summed E-state index contributed by atoms with van der Waals surface area (Å²) in [5.41, 5.74) is 2.51. The van der Waals surface area contributed by atoms with Crippen LogP contribution in [0.1, 0.15) is 17.5 Å². The summed E-state index contributed by atoms with van der Waals surface area (Å²) >= 11 is 0. The van der Waals surface area contributed by atoms with E-state index in [-0.39, 0.29) is 0 Å². The van der Waals surface area contributed by atoms with Crippen LogP contribution < -0.4 is 0 Å². The van der Waals surface area contributed by atoms with Gasteiger partial charge in [-0.15, -0.1) is 0 Å². The van der Waals surface area contributed by atoms with Crippen LogP contribution in [-0.2, 0) is 26.4 Å². The predicted molar refractivity (Wildman–Crippen MR) is 68.0 cm³/mol. The summed E-state index contributed by atoms with van der Waals surface area (Å²) in [5.74, 6) is -0.129. The standard InChI is InChI=1S/C15H18O3/c1-16-7-6-12-10-13-4-2-3-5-14(13)15(11-12)17-8-9-18-15/h2-7,12H,8-11H2,1H3/b7-6+/t12-/m1/s1. The van der Waals surface area contributed by atoms with Gasteiger partial charge in [-0.05, 0) is 24.0 Å². The van der Waals surface area contributed by atoms with Gasteiger partial charge in [0, 0.05) is 12.0 Å². The first kappa shape index (κ1) is 11.8. The number of benzene rings is 1. The van der Waals surface area contributed by atoms with Crippen LogP contribution in [0.4, 0.5) is 0 Å². The fraction of sp³-hybridized carbons (Fsp3) is 0.467. The van der Waals surface area contributed by atoms with Gasteiger partial charge in [0.05, 0.1) is 26.6 Å². The normalized spacial score (nSPS) is 25.5. The zero-order chi connectivity index (χ0) is 12.4. The largest absolute Gasteiger partial charge is 0.505 e. The Labute approximate surface area is 107 Å². The Kier molecular flexibility index (Phi) is 3.10. The number of rotatable bonds is 2. The third-order valence-electron chi connectivity index (χ3n) is 3.68. The molecule has 1 aromatic carbocycles. The lowest BCUT2D eigenvalue weighted by Gasteiger charge is -2.37. The van der Waals surface area contributed by atoms with E-state index in [1.54, 1.807) is 13.4 Å². The van der Waals surface area contributed by atoms with E-state index < -0.39 is 5.79 Å². The number of allylic oxidation sites excluding steroid dienone is 1. The summed E-state index contributed by atoms with van der Waals surface area (Å²) in [4.78, 5) is 0. The van der Waals surface area contributed by atoms with E-state index in [9.17, 15) is 0 Å². The molecule has 3 heteroatoms. The number of hydrogen-bond acceptors (Lipinski definition) is 3. The lowest BCUT2D eigenvalue weighted by Crippen LogP contribution is -2.35. The molecule has 0 N–H and O–H groups in total. The van der Waals surface area contributed by atoms with E-state index in [0.717, 1.165) is 12.8 Å². The second-order valence-corrected chi connectivity index (χ2v) is 4.84. The molecule has 0 unspecified atom stereocenters. The topological polar surface area (TPSA) is 27.7 Å². The molecule has 1 aromatic rings. The van der Waals surface area contributed by atoms with Crippen LogP contribution in [0, 0.1) is 5.92 Å². The molecule has 18 heavy (non-hydrogen) atoms. The van der Waals surface area contributed by atoms with Crippen molar-refractivity contribution in [2.75, 3.05) is 20.3 Å². The van der Waals surface area contributed by atoms with E-state index in [2.05, 4.69) is 30.3 Å². The van der Waals surface area contributed by atoms with Crippen LogP contribution in [0.15, 0.2) is 36.6 Å². The molecule has 3 rings (SSSR count). The lowest BCUT2D eigenvalue weighted by molar-refractivity contribution is -0.181. The van der Waals surface area contributed by atoms with Crippen molar-refractivity contribution in [1.29, 1.82) is 0 Å². The third-order valence-corrected chi connectivity index (χ3v) is 3.68. The van der Waals surface area contributed by atoms with Gasteiger partial charge in [-0.25, -0.2) is 0 Å². The van der Waals surface area contributed by atoms with Crippen molar-refractivity contribution in [2.45, 2.75) is 18.6 Å². The Bertz CT molecular complexity index is 447. The molecule has 1 saturated heterocycles. The molecule has 0 aromatic heterocycles. The fourth-order valence-corrected chi connectivity index (χ4v) is 2.93. The summed E-state index contributed by atoms with van der Waals surface area (Å²) in [6, 6.07) is 8.41. The Balaban J connectivity index is 1.96. The minimum absolute atomic E-state index is 0.401. The van der Waals surface area contributed by atoms with Crippen LogP contribution in [0.25, 0.3) is 0 Å². The molecule has 1 atom stereocenters. The lowest BCUT2D eigenvalue weighted by atomic mass is 9.79. The van der Waals surface area contributed by atoms with E-state index >= 15 is 0 Å². The highest BCUT2D eigenvalue weighted by Gasteiger charge is 2.44. The van der Waals surface area contributed by atoms with Gasteiger partial charge >= 0.3 is 0 Å². The van der Waals surface area contributed by atoms with Gasteiger partial charge in [0.2, 0.25) is 0 Å². The molecule has 3 nitrogen and oxygen atoms in total. The van der Waals surface area contributed by atoms with Gasteiger partial charge in [0.25, 0.3) is 0 Å². The van der Waals surface area contributed by atoms with Crippen molar-refractivity contribution in [3.05, 3.63) is 47.7 Å². The monoisotopic (exact) mass is 246 g/mol. The smallest absolute Gasteiger partial charge is 0.195 e. The second-order valence-electron chi connectivity index (χ2n) is 4.84. The van der Waals surface area contributed by atoms with Crippen molar-refractivity contribution in [3.8, 4) is 0 Å². The van der Waals surface area contributed by atoms with Gasteiger partial charge in [0.1, 0.15) is 0 Å². The first-order valence-electron chi connectivity index (χ1n) is 6.40. The van der Waals surface area contributed by atoms with Gasteiger partial charge in [-0.1, -0.05) is 24.3 Å². The fourth-order valence-electron chi connectivity index (χ4n) is 2.93. The highest BCUT2D eigenvalue weighted by Crippen LogP contribution is 2.44. The van der Waals surface area contributed by atoms with Crippen LogP contribution in [0.2, 0.25) is 0 Å².